The molecule has 0 aliphatic carbocycles. The maximum atomic E-state index is 11.7. The fourth-order valence-electron chi connectivity index (χ4n) is 1.56. The first-order chi connectivity index (χ1) is 8.36. The van der Waals surface area contributed by atoms with E-state index in [1.807, 2.05) is 25.7 Å². The first kappa shape index (κ1) is 16.9. The van der Waals surface area contributed by atoms with Gasteiger partial charge < -0.3 is 15.2 Å². The van der Waals surface area contributed by atoms with Gasteiger partial charge in [-0.3, -0.25) is 14.5 Å². The van der Waals surface area contributed by atoms with Crippen molar-refractivity contribution in [2.75, 3.05) is 26.8 Å². The zero-order chi connectivity index (χ0) is 14.1. The fourth-order valence-corrected chi connectivity index (χ4v) is 1.56. The van der Waals surface area contributed by atoms with Crippen LogP contribution >= 0.6 is 0 Å². The number of methoxy groups -OCH3 is 1. The largest absolute Gasteiger partial charge is 0.481 e. The topological polar surface area (TPSA) is 78.9 Å². The normalized spacial score (nSPS) is 12.8. The third-order valence-electron chi connectivity index (χ3n) is 2.51. The number of nitrogens with one attached hydrogen (secondary N) is 1. The Hall–Kier alpha value is -1.14. The van der Waals surface area contributed by atoms with Crippen molar-refractivity contribution >= 4 is 11.9 Å². The van der Waals surface area contributed by atoms with E-state index in [1.165, 1.54) is 0 Å². The van der Waals surface area contributed by atoms with E-state index in [1.54, 1.807) is 7.11 Å². The summed E-state index contributed by atoms with van der Waals surface area (Å²) in [5.74, 6) is -0.965. The van der Waals surface area contributed by atoms with Crippen molar-refractivity contribution in [3.63, 3.8) is 0 Å². The number of amides is 1. The van der Waals surface area contributed by atoms with Crippen LogP contribution in [0.1, 0.15) is 27.2 Å². The van der Waals surface area contributed by atoms with E-state index in [9.17, 15) is 9.59 Å². The lowest BCUT2D eigenvalue weighted by Gasteiger charge is -2.25. The molecule has 0 spiro atoms. The summed E-state index contributed by atoms with van der Waals surface area (Å²) in [5, 5.41) is 11.5. The highest BCUT2D eigenvalue weighted by Gasteiger charge is 2.16. The van der Waals surface area contributed by atoms with Crippen LogP contribution in [0.15, 0.2) is 0 Å². The monoisotopic (exact) mass is 260 g/mol. The van der Waals surface area contributed by atoms with E-state index in [0.717, 1.165) is 0 Å². The van der Waals surface area contributed by atoms with Gasteiger partial charge >= 0.3 is 5.97 Å². The van der Waals surface area contributed by atoms with Gasteiger partial charge in [-0.2, -0.15) is 0 Å². The molecule has 1 unspecified atom stereocenters. The van der Waals surface area contributed by atoms with Crippen LogP contribution in [-0.2, 0) is 14.3 Å². The van der Waals surface area contributed by atoms with Gasteiger partial charge in [-0.05, 0) is 20.8 Å². The SMILES string of the molecule is COCC(C)NC(=O)CN(CCC(=O)O)C(C)C. The van der Waals surface area contributed by atoms with Crippen molar-refractivity contribution < 1.29 is 19.4 Å². The number of hydrogen-bond acceptors (Lipinski definition) is 4. The number of hydrogen-bond donors (Lipinski definition) is 2. The first-order valence-electron chi connectivity index (χ1n) is 6.11. The highest BCUT2D eigenvalue weighted by molar-refractivity contribution is 5.78. The van der Waals surface area contributed by atoms with Gasteiger partial charge in [0, 0.05) is 25.7 Å². The number of rotatable bonds is 9. The molecule has 1 atom stereocenters. The molecule has 0 saturated heterocycles. The average molecular weight is 260 g/mol. The zero-order valence-corrected chi connectivity index (χ0v) is 11.6. The van der Waals surface area contributed by atoms with E-state index < -0.39 is 5.97 Å². The van der Waals surface area contributed by atoms with E-state index in [4.69, 9.17) is 9.84 Å². The molecular weight excluding hydrogens is 236 g/mol. The van der Waals surface area contributed by atoms with Crippen molar-refractivity contribution in [2.45, 2.75) is 39.3 Å². The highest BCUT2D eigenvalue weighted by Crippen LogP contribution is 2.00. The van der Waals surface area contributed by atoms with E-state index in [2.05, 4.69) is 5.32 Å². The summed E-state index contributed by atoms with van der Waals surface area (Å²) in [6.45, 7) is 6.78. The molecule has 0 aromatic carbocycles. The summed E-state index contributed by atoms with van der Waals surface area (Å²) < 4.78 is 4.93. The molecule has 106 valence electrons. The van der Waals surface area contributed by atoms with Crippen LogP contribution < -0.4 is 5.32 Å². The second kappa shape index (κ2) is 8.88. The van der Waals surface area contributed by atoms with E-state index in [-0.39, 0.29) is 31.0 Å². The minimum atomic E-state index is -0.853. The van der Waals surface area contributed by atoms with E-state index >= 15 is 0 Å². The van der Waals surface area contributed by atoms with Gasteiger partial charge in [0.2, 0.25) is 5.91 Å². The molecule has 18 heavy (non-hydrogen) atoms. The Morgan fingerprint density at radius 1 is 1.33 bits per heavy atom. The number of aliphatic carboxylic acids is 1. The lowest BCUT2D eigenvalue weighted by molar-refractivity contribution is -0.138. The number of carboxylic acids is 1. The number of nitrogens with zero attached hydrogens (tertiary/aromatic N) is 1. The van der Waals surface area contributed by atoms with Gasteiger partial charge in [0.15, 0.2) is 0 Å². The van der Waals surface area contributed by atoms with Crippen molar-refractivity contribution in [1.29, 1.82) is 0 Å². The standard InChI is InChI=1S/C12H24N2O4/c1-9(2)14(6-5-12(16)17)7-11(15)13-10(3)8-18-4/h9-10H,5-8H2,1-4H3,(H,13,15)(H,16,17). The molecule has 0 fully saturated rings. The molecule has 0 aliphatic heterocycles. The minimum Gasteiger partial charge on any atom is -0.481 e. The van der Waals surface area contributed by atoms with Gasteiger partial charge in [0.05, 0.1) is 19.6 Å². The van der Waals surface area contributed by atoms with Crippen LogP contribution in [0.3, 0.4) is 0 Å². The summed E-state index contributed by atoms with van der Waals surface area (Å²) in [7, 11) is 1.58. The number of carbonyl (C=O) groups is 2. The lowest BCUT2D eigenvalue weighted by Crippen LogP contribution is -2.45. The first-order valence-corrected chi connectivity index (χ1v) is 6.11. The number of ether oxygens (including phenoxy) is 1. The van der Waals surface area contributed by atoms with Crippen molar-refractivity contribution in [3.05, 3.63) is 0 Å². The molecule has 2 N–H and O–H groups in total. The second-order valence-electron chi connectivity index (χ2n) is 4.63. The summed E-state index contributed by atoms with van der Waals surface area (Å²) in [5.41, 5.74) is 0. The molecule has 0 rings (SSSR count). The predicted molar refractivity (Wildman–Crippen MR) is 68.4 cm³/mol. The molecule has 0 aliphatic rings. The Morgan fingerprint density at radius 2 is 1.94 bits per heavy atom. The Bertz CT molecular complexity index is 269. The summed E-state index contributed by atoms with van der Waals surface area (Å²) in [4.78, 5) is 24.1. The average Bonchev–Trinajstić information content (AvgIpc) is 2.23. The molecule has 1 amide bonds. The van der Waals surface area contributed by atoms with Crippen molar-refractivity contribution in [2.24, 2.45) is 0 Å². The number of carbonyl (C=O) groups excluding carboxylic acids is 1. The van der Waals surface area contributed by atoms with Gasteiger partial charge in [0.25, 0.3) is 0 Å². The van der Waals surface area contributed by atoms with Crippen molar-refractivity contribution in [1.82, 2.24) is 10.2 Å². The molecule has 6 heteroatoms. The van der Waals surface area contributed by atoms with Gasteiger partial charge in [-0.25, -0.2) is 0 Å². The fraction of sp³-hybridized carbons (Fsp3) is 0.833. The van der Waals surface area contributed by atoms with Gasteiger partial charge in [-0.15, -0.1) is 0 Å². The zero-order valence-electron chi connectivity index (χ0n) is 11.6. The van der Waals surface area contributed by atoms with Gasteiger partial charge in [0.1, 0.15) is 0 Å². The van der Waals surface area contributed by atoms with Crippen LogP contribution in [0, 0.1) is 0 Å². The molecule has 0 saturated carbocycles. The smallest absolute Gasteiger partial charge is 0.304 e. The second-order valence-corrected chi connectivity index (χ2v) is 4.63. The highest BCUT2D eigenvalue weighted by atomic mass is 16.5. The molecule has 0 heterocycles. The Morgan fingerprint density at radius 3 is 2.39 bits per heavy atom. The predicted octanol–water partition coefficient (Wildman–Crippen LogP) is 0.323. The quantitative estimate of drug-likeness (QED) is 0.624. The van der Waals surface area contributed by atoms with Crippen LogP contribution in [0.4, 0.5) is 0 Å². The summed E-state index contributed by atoms with van der Waals surface area (Å²) >= 11 is 0. The minimum absolute atomic E-state index is 0.0408. The molecular formula is C12H24N2O4. The lowest BCUT2D eigenvalue weighted by atomic mass is 10.2. The van der Waals surface area contributed by atoms with E-state index in [0.29, 0.717) is 13.2 Å². The molecule has 6 nitrogen and oxygen atoms in total. The molecule has 0 aromatic rings. The molecule has 0 bridgehead atoms. The third kappa shape index (κ3) is 8.03. The van der Waals surface area contributed by atoms with Crippen LogP contribution in [0.5, 0.6) is 0 Å². The maximum Gasteiger partial charge on any atom is 0.304 e. The molecule has 0 aromatic heterocycles. The van der Waals surface area contributed by atoms with Crippen LogP contribution in [0.2, 0.25) is 0 Å². The Kier molecular flexibility index (Phi) is 8.32. The summed E-state index contributed by atoms with van der Waals surface area (Å²) in [6, 6.07) is 0.0869. The van der Waals surface area contributed by atoms with Crippen LogP contribution in [-0.4, -0.2) is 60.8 Å². The van der Waals surface area contributed by atoms with Crippen LogP contribution in [0.25, 0.3) is 0 Å². The third-order valence-corrected chi connectivity index (χ3v) is 2.51. The maximum absolute atomic E-state index is 11.7. The Balaban J connectivity index is 4.15. The molecule has 0 radical (unpaired) electrons. The number of carboxylic acid groups (broad SMARTS) is 1. The van der Waals surface area contributed by atoms with Crippen molar-refractivity contribution in [3.8, 4) is 0 Å². The summed E-state index contributed by atoms with van der Waals surface area (Å²) in [6.07, 6.45) is 0.0408. The van der Waals surface area contributed by atoms with Gasteiger partial charge in [-0.1, -0.05) is 0 Å². The Labute approximate surface area is 108 Å².